The molecule has 0 saturated carbocycles. The van der Waals surface area contributed by atoms with Gasteiger partial charge in [-0.25, -0.2) is 0 Å². The molecule has 0 spiro atoms. The van der Waals surface area contributed by atoms with Gasteiger partial charge in [0.2, 0.25) is 0 Å². The second-order valence-corrected chi connectivity index (χ2v) is 5.37. The summed E-state index contributed by atoms with van der Waals surface area (Å²) < 4.78 is 10.7. The van der Waals surface area contributed by atoms with Gasteiger partial charge in [0.25, 0.3) is 0 Å². The zero-order valence-corrected chi connectivity index (χ0v) is 11.8. The molecule has 0 aliphatic rings. The molecule has 1 aromatic rings. The van der Waals surface area contributed by atoms with Crippen LogP contribution >= 0.6 is 11.3 Å². The number of thiophene rings is 1. The van der Waals surface area contributed by atoms with Gasteiger partial charge < -0.3 is 14.8 Å². The molecule has 0 aromatic carbocycles. The lowest BCUT2D eigenvalue weighted by Crippen LogP contribution is -2.14. The average Bonchev–Trinajstić information content (AvgIpc) is 2.75. The smallest absolute Gasteiger partial charge is 0.0814 e. The number of methoxy groups -OCH3 is 1. The molecule has 17 heavy (non-hydrogen) atoms. The molecule has 0 amide bonds. The summed E-state index contributed by atoms with van der Waals surface area (Å²) in [4.78, 5) is 2.65. The van der Waals surface area contributed by atoms with Gasteiger partial charge in [-0.3, -0.25) is 0 Å². The summed E-state index contributed by atoms with van der Waals surface area (Å²) in [6, 6.07) is 4.32. The molecule has 1 atom stereocenters. The van der Waals surface area contributed by atoms with E-state index in [0.29, 0.717) is 13.2 Å². The molecule has 1 N–H and O–H groups in total. The van der Waals surface area contributed by atoms with Gasteiger partial charge in [-0.2, -0.15) is 0 Å². The molecule has 0 fully saturated rings. The Kier molecular flexibility index (Phi) is 7.44. The van der Waals surface area contributed by atoms with E-state index in [0.717, 1.165) is 13.1 Å². The van der Waals surface area contributed by atoms with Crippen LogP contribution in [-0.2, 0) is 22.6 Å². The van der Waals surface area contributed by atoms with E-state index >= 15 is 0 Å². The minimum absolute atomic E-state index is 0.156. The monoisotopic (exact) mass is 257 g/mol. The van der Waals surface area contributed by atoms with E-state index in [9.17, 15) is 0 Å². The minimum Gasteiger partial charge on any atom is -0.382 e. The fraction of sp³-hybridized carbons (Fsp3) is 0.692. The van der Waals surface area contributed by atoms with Crippen molar-refractivity contribution >= 4 is 11.3 Å². The normalized spacial score (nSPS) is 12.9. The second-order valence-electron chi connectivity index (χ2n) is 4.12. The molecule has 0 aliphatic heterocycles. The first-order chi connectivity index (χ1) is 8.26. The molecule has 0 aliphatic carbocycles. The highest BCUT2D eigenvalue weighted by Gasteiger charge is 2.04. The highest BCUT2D eigenvalue weighted by Crippen LogP contribution is 2.17. The quantitative estimate of drug-likeness (QED) is 0.690. The van der Waals surface area contributed by atoms with Crippen LogP contribution in [0.15, 0.2) is 12.1 Å². The minimum atomic E-state index is 0.156. The van der Waals surface area contributed by atoms with Crippen LogP contribution in [0.1, 0.15) is 30.0 Å². The number of hydrogen-bond acceptors (Lipinski definition) is 4. The third-order valence-corrected chi connectivity index (χ3v) is 3.41. The summed E-state index contributed by atoms with van der Waals surface area (Å²) in [5.41, 5.74) is 0. The third-order valence-electron chi connectivity index (χ3n) is 2.35. The Labute approximate surface area is 108 Å². The standard InChI is InChI=1S/C13H23NO2S/c1-4-7-14-8-12-5-6-13(17-12)10-16-11(2)9-15-3/h5-6,11,14H,4,7-10H2,1-3H3. The lowest BCUT2D eigenvalue weighted by Gasteiger charge is -2.10. The number of hydrogen-bond donors (Lipinski definition) is 1. The first kappa shape index (κ1) is 14.6. The molecular formula is C13H23NO2S. The maximum Gasteiger partial charge on any atom is 0.0814 e. The molecular weight excluding hydrogens is 234 g/mol. The second kappa shape index (κ2) is 8.64. The molecule has 1 aromatic heterocycles. The molecule has 0 radical (unpaired) electrons. The molecule has 98 valence electrons. The maximum absolute atomic E-state index is 5.67. The van der Waals surface area contributed by atoms with E-state index in [1.807, 2.05) is 18.3 Å². The highest BCUT2D eigenvalue weighted by molar-refractivity contribution is 7.11. The average molecular weight is 257 g/mol. The van der Waals surface area contributed by atoms with Crippen molar-refractivity contribution in [3.05, 3.63) is 21.9 Å². The highest BCUT2D eigenvalue weighted by atomic mass is 32.1. The van der Waals surface area contributed by atoms with Crippen molar-refractivity contribution in [3.63, 3.8) is 0 Å². The number of rotatable bonds is 9. The summed E-state index contributed by atoms with van der Waals surface area (Å²) in [6.45, 7) is 7.58. The summed E-state index contributed by atoms with van der Waals surface area (Å²) in [7, 11) is 1.70. The van der Waals surface area contributed by atoms with E-state index in [1.54, 1.807) is 7.11 Å². The Bertz CT molecular complexity index is 301. The summed E-state index contributed by atoms with van der Waals surface area (Å²) in [5.74, 6) is 0. The Morgan fingerprint density at radius 3 is 2.82 bits per heavy atom. The van der Waals surface area contributed by atoms with Gasteiger partial charge in [-0.1, -0.05) is 6.92 Å². The van der Waals surface area contributed by atoms with Crippen molar-refractivity contribution in [2.24, 2.45) is 0 Å². The fourth-order valence-corrected chi connectivity index (χ4v) is 2.40. The van der Waals surface area contributed by atoms with Crippen LogP contribution < -0.4 is 5.32 Å². The summed E-state index contributed by atoms with van der Waals surface area (Å²) in [5, 5.41) is 3.40. The summed E-state index contributed by atoms with van der Waals surface area (Å²) in [6.07, 6.45) is 1.33. The lowest BCUT2D eigenvalue weighted by molar-refractivity contribution is 0.000927. The molecule has 1 heterocycles. The van der Waals surface area contributed by atoms with Gasteiger partial charge in [-0.05, 0) is 32.0 Å². The molecule has 3 nitrogen and oxygen atoms in total. The van der Waals surface area contributed by atoms with E-state index < -0.39 is 0 Å². The van der Waals surface area contributed by atoms with Crippen molar-refractivity contribution in [2.75, 3.05) is 20.3 Å². The molecule has 1 unspecified atom stereocenters. The first-order valence-electron chi connectivity index (χ1n) is 6.15. The van der Waals surface area contributed by atoms with Crippen LogP contribution in [0.2, 0.25) is 0 Å². The Hall–Kier alpha value is -0.420. The summed E-state index contributed by atoms with van der Waals surface area (Å²) >= 11 is 1.82. The van der Waals surface area contributed by atoms with Crippen LogP contribution in [0, 0.1) is 0 Å². The Morgan fingerprint density at radius 2 is 2.12 bits per heavy atom. The Morgan fingerprint density at radius 1 is 1.35 bits per heavy atom. The maximum atomic E-state index is 5.67. The van der Waals surface area contributed by atoms with E-state index in [2.05, 4.69) is 24.4 Å². The molecule has 4 heteroatoms. The van der Waals surface area contributed by atoms with Gasteiger partial charge in [0.1, 0.15) is 0 Å². The molecule has 0 saturated heterocycles. The van der Waals surface area contributed by atoms with Crippen molar-refractivity contribution in [1.29, 1.82) is 0 Å². The third kappa shape index (κ3) is 6.17. The van der Waals surface area contributed by atoms with Crippen molar-refractivity contribution in [1.82, 2.24) is 5.32 Å². The topological polar surface area (TPSA) is 30.5 Å². The Balaban J connectivity index is 2.25. The van der Waals surface area contributed by atoms with Crippen LogP contribution in [0.3, 0.4) is 0 Å². The predicted octanol–water partition coefficient (Wildman–Crippen LogP) is 2.80. The zero-order valence-electron chi connectivity index (χ0n) is 11.0. The van der Waals surface area contributed by atoms with E-state index in [1.165, 1.54) is 16.2 Å². The largest absolute Gasteiger partial charge is 0.382 e. The lowest BCUT2D eigenvalue weighted by atomic mass is 10.4. The van der Waals surface area contributed by atoms with Crippen LogP contribution in [0.5, 0.6) is 0 Å². The van der Waals surface area contributed by atoms with Gasteiger partial charge >= 0.3 is 0 Å². The molecule has 0 bridgehead atoms. The number of ether oxygens (including phenoxy) is 2. The predicted molar refractivity (Wildman–Crippen MR) is 72.4 cm³/mol. The first-order valence-corrected chi connectivity index (χ1v) is 6.96. The van der Waals surface area contributed by atoms with Gasteiger partial charge in [-0.15, -0.1) is 11.3 Å². The van der Waals surface area contributed by atoms with Crippen LogP contribution in [0.25, 0.3) is 0 Å². The van der Waals surface area contributed by atoms with Gasteiger partial charge in [0.05, 0.1) is 19.3 Å². The van der Waals surface area contributed by atoms with Crippen molar-refractivity contribution < 1.29 is 9.47 Å². The van der Waals surface area contributed by atoms with Crippen molar-refractivity contribution in [2.45, 2.75) is 39.5 Å². The van der Waals surface area contributed by atoms with Crippen LogP contribution in [-0.4, -0.2) is 26.4 Å². The fourth-order valence-electron chi connectivity index (χ4n) is 1.49. The SMILES string of the molecule is CCCNCc1ccc(COC(C)COC)s1. The van der Waals surface area contributed by atoms with E-state index in [-0.39, 0.29) is 6.10 Å². The van der Waals surface area contributed by atoms with Crippen molar-refractivity contribution in [3.8, 4) is 0 Å². The zero-order chi connectivity index (χ0) is 12.5. The molecule has 1 rings (SSSR count). The van der Waals surface area contributed by atoms with Gasteiger partial charge in [0.15, 0.2) is 0 Å². The number of nitrogens with one attached hydrogen (secondary N) is 1. The van der Waals surface area contributed by atoms with Gasteiger partial charge in [0, 0.05) is 23.4 Å². The van der Waals surface area contributed by atoms with E-state index in [4.69, 9.17) is 9.47 Å². The van der Waals surface area contributed by atoms with Crippen LogP contribution in [0.4, 0.5) is 0 Å².